The first-order valence-electron chi connectivity index (χ1n) is 7.16. The Hall–Kier alpha value is -1.96. The highest BCUT2D eigenvalue weighted by Crippen LogP contribution is 2.29. The van der Waals surface area contributed by atoms with Crippen LogP contribution in [0.5, 0.6) is 0 Å². The van der Waals surface area contributed by atoms with Gasteiger partial charge in [-0.25, -0.2) is 0 Å². The summed E-state index contributed by atoms with van der Waals surface area (Å²) in [7, 11) is 0. The number of nitrogens with one attached hydrogen (secondary N) is 1. The Morgan fingerprint density at radius 2 is 2.14 bits per heavy atom. The van der Waals surface area contributed by atoms with E-state index < -0.39 is 12.1 Å². The summed E-state index contributed by atoms with van der Waals surface area (Å²) in [4.78, 5) is 24.5. The molecule has 0 aromatic heterocycles. The van der Waals surface area contributed by atoms with Crippen LogP contribution in [0.15, 0.2) is 24.3 Å². The van der Waals surface area contributed by atoms with E-state index in [1.165, 1.54) is 6.92 Å². The summed E-state index contributed by atoms with van der Waals surface area (Å²) >= 11 is 0. The van der Waals surface area contributed by atoms with Gasteiger partial charge in [0.15, 0.2) is 0 Å². The number of rotatable bonds is 5. The Labute approximate surface area is 129 Å². The first-order chi connectivity index (χ1) is 10.6. The fourth-order valence-electron chi connectivity index (χ4n) is 2.61. The van der Waals surface area contributed by atoms with Gasteiger partial charge in [-0.1, -0.05) is 12.1 Å². The fourth-order valence-corrected chi connectivity index (χ4v) is 2.61. The third kappa shape index (κ3) is 3.62. The summed E-state index contributed by atoms with van der Waals surface area (Å²) in [5.41, 5.74) is 7.05. The lowest BCUT2D eigenvalue weighted by Gasteiger charge is -2.40. The van der Waals surface area contributed by atoms with Crippen molar-refractivity contribution in [3.63, 3.8) is 0 Å². The monoisotopic (exact) mass is 307 g/mol. The van der Waals surface area contributed by atoms with Crippen LogP contribution < -0.4 is 11.1 Å². The molecule has 1 aliphatic heterocycles. The second-order valence-corrected chi connectivity index (χ2v) is 5.16. The normalized spacial score (nSPS) is 21.8. The van der Waals surface area contributed by atoms with E-state index in [0.717, 1.165) is 5.56 Å². The molecule has 2 amide bonds. The number of amides is 2. The Morgan fingerprint density at radius 3 is 2.68 bits per heavy atom. The van der Waals surface area contributed by atoms with Crippen molar-refractivity contribution < 1.29 is 19.4 Å². The Balaban J connectivity index is 2.18. The van der Waals surface area contributed by atoms with Crippen molar-refractivity contribution in [3.05, 3.63) is 29.8 Å². The van der Waals surface area contributed by atoms with Crippen LogP contribution in [0.25, 0.3) is 0 Å². The largest absolute Gasteiger partial charge is 0.394 e. The molecule has 1 saturated heterocycles. The predicted molar refractivity (Wildman–Crippen MR) is 81.1 cm³/mol. The molecule has 22 heavy (non-hydrogen) atoms. The molecule has 0 spiro atoms. The molecule has 2 rings (SSSR count). The minimum absolute atomic E-state index is 0.0331. The Morgan fingerprint density at radius 1 is 1.45 bits per heavy atom. The second-order valence-electron chi connectivity index (χ2n) is 5.16. The van der Waals surface area contributed by atoms with Crippen molar-refractivity contribution in [1.29, 1.82) is 0 Å². The quantitative estimate of drug-likeness (QED) is 0.702. The van der Waals surface area contributed by atoms with Crippen LogP contribution in [0.3, 0.4) is 0 Å². The van der Waals surface area contributed by atoms with Crippen molar-refractivity contribution in [2.75, 3.05) is 31.6 Å². The topological polar surface area (TPSA) is 105 Å². The van der Waals surface area contributed by atoms with Gasteiger partial charge in [-0.2, -0.15) is 0 Å². The summed E-state index contributed by atoms with van der Waals surface area (Å²) in [5, 5.41) is 12.3. The maximum Gasteiger partial charge on any atom is 0.249 e. The number of carbonyl (C=O) groups excluding carboxylic acids is 2. The molecule has 7 nitrogen and oxygen atoms in total. The summed E-state index contributed by atoms with van der Waals surface area (Å²) in [6, 6.07) is 6.69. The molecule has 0 radical (unpaired) electrons. The standard InChI is InChI=1S/C15H21N3O4/c1-10(20)17-12-4-2-11(3-5-12)15-13(8-19)18(7-6-16)14(21)9-22-15/h2-5,13,15,19H,6-9,16H2,1H3,(H,17,20)/t13-,15-/m1/s1. The van der Waals surface area contributed by atoms with Crippen molar-refractivity contribution in [3.8, 4) is 0 Å². The first kappa shape index (κ1) is 16.4. The molecule has 1 fully saturated rings. The summed E-state index contributed by atoms with van der Waals surface area (Å²) in [6.45, 7) is 1.92. The van der Waals surface area contributed by atoms with Crippen LogP contribution in [0.1, 0.15) is 18.6 Å². The zero-order valence-electron chi connectivity index (χ0n) is 12.5. The lowest BCUT2D eigenvalue weighted by atomic mass is 9.99. The number of anilines is 1. The number of aliphatic hydroxyl groups excluding tert-OH is 1. The predicted octanol–water partition coefficient (Wildman–Crippen LogP) is -0.135. The van der Waals surface area contributed by atoms with Crippen molar-refractivity contribution in [2.45, 2.75) is 19.1 Å². The number of hydrogen-bond acceptors (Lipinski definition) is 5. The average Bonchev–Trinajstić information content (AvgIpc) is 2.49. The number of carbonyl (C=O) groups is 2. The van der Waals surface area contributed by atoms with Crippen molar-refractivity contribution in [2.24, 2.45) is 5.73 Å². The Kier molecular flexibility index (Phi) is 5.48. The van der Waals surface area contributed by atoms with Gasteiger partial charge in [0.2, 0.25) is 11.8 Å². The van der Waals surface area contributed by atoms with Gasteiger partial charge in [0.1, 0.15) is 12.7 Å². The summed E-state index contributed by atoms with van der Waals surface area (Å²) < 4.78 is 5.60. The molecule has 7 heteroatoms. The SMILES string of the molecule is CC(=O)Nc1ccc([C@H]2OCC(=O)N(CCN)[C@@H]2CO)cc1. The van der Waals surface area contributed by atoms with Crippen LogP contribution in [0, 0.1) is 0 Å². The third-order valence-electron chi connectivity index (χ3n) is 3.57. The maximum absolute atomic E-state index is 11.9. The highest BCUT2D eigenvalue weighted by atomic mass is 16.5. The van der Waals surface area contributed by atoms with Gasteiger partial charge in [0.25, 0.3) is 0 Å². The molecular formula is C15H21N3O4. The van der Waals surface area contributed by atoms with Crippen molar-refractivity contribution in [1.82, 2.24) is 4.90 Å². The van der Waals surface area contributed by atoms with E-state index in [1.807, 2.05) is 12.1 Å². The van der Waals surface area contributed by atoms with Crippen LogP contribution in [0.2, 0.25) is 0 Å². The smallest absolute Gasteiger partial charge is 0.249 e. The van der Waals surface area contributed by atoms with Gasteiger partial charge < -0.3 is 25.8 Å². The molecule has 0 unspecified atom stereocenters. The number of ether oxygens (including phenoxy) is 1. The molecule has 1 aromatic rings. The van der Waals surface area contributed by atoms with E-state index in [0.29, 0.717) is 18.8 Å². The molecule has 0 aliphatic carbocycles. The number of nitrogens with zero attached hydrogens (tertiary/aromatic N) is 1. The highest BCUT2D eigenvalue weighted by Gasteiger charge is 2.36. The molecule has 120 valence electrons. The van der Waals surface area contributed by atoms with Gasteiger partial charge in [0.05, 0.1) is 12.6 Å². The van der Waals surface area contributed by atoms with Gasteiger partial charge >= 0.3 is 0 Å². The number of nitrogens with two attached hydrogens (primary N) is 1. The van der Waals surface area contributed by atoms with E-state index in [-0.39, 0.29) is 25.0 Å². The zero-order valence-corrected chi connectivity index (χ0v) is 12.5. The van der Waals surface area contributed by atoms with Crippen molar-refractivity contribution >= 4 is 17.5 Å². The lowest BCUT2D eigenvalue weighted by molar-refractivity contribution is -0.160. The summed E-state index contributed by atoms with van der Waals surface area (Å²) in [6.07, 6.45) is -0.416. The highest BCUT2D eigenvalue weighted by molar-refractivity contribution is 5.88. The van der Waals surface area contributed by atoms with Crippen LogP contribution in [-0.4, -0.2) is 54.2 Å². The average molecular weight is 307 g/mol. The molecule has 1 aliphatic rings. The molecule has 4 N–H and O–H groups in total. The lowest BCUT2D eigenvalue weighted by Crippen LogP contribution is -2.54. The number of hydrogen-bond donors (Lipinski definition) is 3. The third-order valence-corrected chi connectivity index (χ3v) is 3.57. The number of benzene rings is 1. The van der Waals surface area contributed by atoms with Crippen LogP contribution in [-0.2, 0) is 14.3 Å². The Bertz CT molecular complexity index is 532. The molecular weight excluding hydrogens is 286 g/mol. The van der Waals surface area contributed by atoms with Gasteiger partial charge in [-0.05, 0) is 17.7 Å². The van der Waals surface area contributed by atoms with Crippen LogP contribution in [0.4, 0.5) is 5.69 Å². The van der Waals surface area contributed by atoms with E-state index in [2.05, 4.69) is 5.32 Å². The molecule has 1 aromatic carbocycles. The molecule has 2 atom stereocenters. The molecule has 0 bridgehead atoms. The zero-order chi connectivity index (χ0) is 16.1. The van der Waals surface area contributed by atoms with E-state index in [1.54, 1.807) is 17.0 Å². The summed E-state index contributed by atoms with van der Waals surface area (Å²) in [5.74, 6) is -0.315. The minimum atomic E-state index is -0.462. The molecule has 0 saturated carbocycles. The number of morpholine rings is 1. The van der Waals surface area contributed by atoms with Gasteiger partial charge in [-0.3, -0.25) is 9.59 Å². The fraction of sp³-hybridized carbons (Fsp3) is 0.467. The van der Waals surface area contributed by atoms with E-state index in [9.17, 15) is 14.7 Å². The second kappa shape index (κ2) is 7.35. The van der Waals surface area contributed by atoms with Gasteiger partial charge in [-0.15, -0.1) is 0 Å². The first-order valence-corrected chi connectivity index (χ1v) is 7.16. The van der Waals surface area contributed by atoms with E-state index in [4.69, 9.17) is 10.5 Å². The number of aliphatic hydroxyl groups is 1. The molecule has 1 heterocycles. The van der Waals surface area contributed by atoms with Crippen LogP contribution >= 0.6 is 0 Å². The van der Waals surface area contributed by atoms with E-state index >= 15 is 0 Å². The maximum atomic E-state index is 11.9. The van der Waals surface area contributed by atoms with Gasteiger partial charge in [0, 0.05) is 25.7 Å². The minimum Gasteiger partial charge on any atom is -0.394 e.